The highest BCUT2D eigenvalue weighted by Gasteiger charge is 2.38. The van der Waals surface area contributed by atoms with Crippen molar-refractivity contribution in [1.29, 1.82) is 0 Å². The number of rotatable bonds is 0. The molecule has 6 heteroatoms. The van der Waals surface area contributed by atoms with Gasteiger partial charge in [0.05, 0.1) is 0 Å². The molecular formula is C12H15N3O3. The summed E-state index contributed by atoms with van der Waals surface area (Å²) in [6, 6.07) is 0. The molecular weight excluding hydrogens is 234 g/mol. The molecule has 0 radical (unpaired) electrons. The SMILES string of the molecule is [O-][n+]1c2c([n+]([O-])c3c1CCCC3=NO)CCCC2. The summed E-state index contributed by atoms with van der Waals surface area (Å²) in [5, 5.41) is 36.8. The van der Waals surface area contributed by atoms with Crippen molar-refractivity contribution in [3.8, 4) is 0 Å². The normalized spacial score (nSPS) is 20.6. The predicted octanol–water partition coefficient (Wildman–Crippen LogP) is 0.347. The fraction of sp³-hybridized carbons (Fsp3) is 0.583. The van der Waals surface area contributed by atoms with Crippen LogP contribution < -0.4 is 9.46 Å². The second-order valence-corrected chi connectivity index (χ2v) is 4.88. The third-order valence-electron chi connectivity index (χ3n) is 3.84. The number of oxime groups is 1. The van der Waals surface area contributed by atoms with Crippen molar-refractivity contribution in [3.05, 3.63) is 33.2 Å². The maximum absolute atomic E-state index is 12.4. The fourth-order valence-electron chi connectivity index (χ4n) is 2.97. The van der Waals surface area contributed by atoms with Crippen LogP contribution in [0.3, 0.4) is 0 Å². The topological polar surface area (TPSA) is 86.5 Å². The van der Waals surface area contributed by atoms with Crippen LogP contribution in [-0.2, 0) is 19.3 Å². The molecule has 0 saturated carbocycles. The number of aromatic nitrogens is 2. The van der Waals surface area contributed by atoms with Crippen molar-refractivity contribution in [2.24, 2.45) is 5.16 Å². The van der Waals surface area contributed by atoms with E-state index in [0.717, 1.165) is 28.7 Å². The van der Waals surface area contributed by atoms with E-state index in [0.29, 0.717) is 48.5 Å². The van der Waals surface area contributed by atoms with Crippen LogP contribution in [0.1, 0.15) is 48.5 Å². The Bertz CT molecular complexity index is 540. The fourth-order valence-corrected chi connectivity index (χ4v) is 2.97. The summed E-state index contributed by atoms with van der Waals surface area (Å²) in [5.74, 6) is 0. The first-order valence-corrected chi connectivity index (χ1v) is 6.35. The molecule has 0 aromatic carbocycles. The first-order valence-electron chi connectivity index (χ1n) is 6.35. The molecule has 0 atom stereocenters. The number of nitrogens with zero attached hydrogens (tertiary/aromatic N) is 3. The van der Waals surface area contributed by atoms with Crippen LogP contribution in [0.25, 0.3) is 0 Å². The van der Waals surface area contributed by atoms with Crippen molar-refractivity contribution < 1.29 is 14.7 Å². The molecule has 0 fully saturated rings. The zero-order valence-electron chi connectivity index (χ0n) is 10.1. The molecule has 96 valence electrons. The minimum atomic E-state index is 0.277. The van der Waals surface area contributed by atoms with Gasteiger partial charge in [0.2, 0.25) is 0 Å². The lowest BCUT2D eigenvalue weighted by Crippen LogP contribution is -2.54. The molecule has 1 aromatic heterocycles. The van der Waals surface area contributed by atoms with E-state index >= 15 is 0 Å². The van der Waals surface area contributed by atoms with Gasteiger partial charge >= 0.3 is 5.69 Å². The highest BCUT2D eigenvalue weighted by atomic mass is 16.5. The molecule has 0 bridgehead atoms. The van der Waals surface area contributed by atoms with Crippen LogP contribution in [0.15, 0.2) is 5.16 Å². The van der Waals surface area contributed by atoms with Gasteiger partial charge in [0.1, 0.15) is 0 Å². The zero-order valence-corrected chi connectivity index (χ0v) is 10.1. The Kier molecular flexibility index (Phi) is 2.57. The van der Waals surface area contributed by atoms with Crippen LogP contribution in [-0.4, -0.2) is 10.9 Å². The summed E-state index contributed by atoms with van der Waals surface area (Å²) >= 11 is 0. The van der Waals surface area contributed by atoms with Crippen LogP contribution >= 0.6 is 0 Å². The summed E-state index contributed by atoms with van der Waals surface area (Å²) < 4.78 is 1.73. The van der Waals surface area contributed by atoms with Crippen molar-refractivity contribution in [2.75, 3.05) is 0 Å². The Morgan fingerprint density at radius 2 is 1.44 bits per heavy atom. The smallest absolute Gasteiger partial charge is 0.310 e. The Balaban J connectivity index is 2.30. The van der Waals surface area contributed by atoms with E-state index in [1.807, 2.05) is 0 Å². The Morgan fingerprint density at radius 3 is 2.11 bits per heavy atom. The summed E-state index contributed by atoms with van der Waals surface area (Å²) in [6.07, 6.45) is 5.05. The van der Waals surface area contributed by atoms with Gasteiger partial charge in [-0.1, -0.05) is 5.16 Å². The van der Waals surface area contributed by atoms with Gasteiger partial charge < -0.3 is 15.6 Å². The van der Waals surface area contributed by atoms with E-state index in [-0.39, 0.29) is 5.69 Å². The predicted molar refractivity (Wildman–Crippen MR) is 62.3 cm³/mol. The third kappa shape index (κ3) is 1.45. The average molecular weight is 249 g/mol. The van der Waals surface area contributed by atoms with Gasteiger partial charge in [-0.05, 0) is 19.3 Å². The molecule has 0 amide bonds. The van der Waals surface area contributed by atoms with Gasteiger partial charge in [0.15, 0.2) is 5.71 Å². The van der Waals surface area contributed by atoms with Gasteiger partial charge in [0, 0.05) is 25.7 Å². The first-order chi connectivity index (χ1) is 8.74. The largest absolute Gasteiger partial charge is 0.618 e. The lowest BCUT2D eigenvalue weighted by atomic mass is 9.94. The molecule has 0 unspecified atom stereocenters. The molecule has 2 aliphatic rings. The zero-order chi connectivity index (χ0) is 12.7. The number of hydrogen-bond acceptors (Lipinski definition) is 4. The van der Waals surface area contributed by atoms with E-state index in [1.54, 1.807) is 0 Å². The number of hydrogen-bond donors (Lipinski definition) is 1. The highest BCUT2D eigenvalue weighted by molar-refractivity contribution is 5.98. The van der Waals surface area contributed by atoms with Gasteiger partial charge in [0.25, 0.3) is 17.1 Å². The van der Waals surface area contributed by atoms with Gasteiger partial charge in [-0.15, -0.1) is 0 Å². The van der Waals surface area contributed by atoms with Crippen LogP contribution in [0.5, 0.6) is 0 Å². The lowest BCUT2D eigenvalue weighted by molar-refractivity contribution is -0.684. The number of fused-ring (bicyclic) bond motifs is 2. The van der Waals surface area contributed by atoms with Crippen molar-refractivity contribution in [2.45, 2.75) is 44.9 Å². The van der Waals surface area contributed by atoms with Crippen molar-refractivity contribution in [3.63, 3.8) is 0 Å². The maximum atomic E-state index is 12.4. The standard InChI is InChI=1S/C12H15N3O3/c16-13-8-4-3-7-11-12(8)15(18)10-6-2-1-5-9(10)14(11)17/h16H,1-7H2. The molecule has 3 rings (SSSR count). The third-order valence-corrected chi connectivity index (χ3v) is 3.84. The van der Waals surface area contributed by atoms with E-state index in [4.69, 9.17) is 5.21 Å². The molecule has 0 spiro atoms. The monoisotopic (exact) mass is 249 g/mol. The van der Waals surface area contributed by atoms with Crippen molar-refractivity contribution >= 4 is 5.71 Å². The Morgan fingerprint density at radius 1 is 0.833 bits per heavy atom. The quantitative estimate of drug-likeness (QED) is 0.311. The average Bonchev–Trinajstić information content (AvgIpc) is 2.44. The summed E-state index contributed by atoms with van der Waals surface area (Å²) in [6.45, 7) is 0. The van der Waals surface area contributed by atoms with E-state index in [2.05, 4.69) is 5.16 Å². The molecule has 0 aliphatic heterocycles. The molecule has 6 nitrogen and oxygen atoms in total. The van der Waals surface area contributed by atoms with Crippen LogP contribution in [0.4, 0.5) is 0 Å². The molecule has 1 aromatic rings. The Hall–Kier alpha value is -1.85. The molecule has 0 saturated heterocycles. The van der Waals surface area contributed by atoms with Crippen LogP contribution in [0, 0.1) is 10.4 Å². The summed E-state index contributed by atoms with van der Waals surface area (Å²) in [5.41, 5.74) is 2.24. The van der Waals surface area contributed by atoms with Crippen molar-refractivity contribution in [1.82, 2.24) is 0 Å². The van der Waals surface area contributed by atoms with E-state index in [1.165, 1.54) is 0 Å². The molecule has 1 heterocycles. The van der Waals surface area contributed by atoms with Crippen LogP contribution in [0.2, 0.25) is 0 Å². The molecule has 2 aliphatic carbocycles. The highest BCUT2D eigenvalue weighted by Crippen LogP contribution is 2.21. The summed E-state index contributed by atoms with van der Waals surface area (Å²) in [4.78, 5) is 0. The Labute approximate surface area is 104 Å². The molecule has 18 heavy (non-hydrogen) atoms. The second-order valence-electron chi connectivity index (χ2n) is 4.88. The lowest BCUT2D eigenvalue weighted by Gasteiger charge is -2.21. The molecule has 1 N–H and O–H groups in total. The van der Waals surface area contributed by atoms with E-state index < -0.39 is 0 Å². The second kappa shape index (κ2) is 4.12. The maximum Gasteiger partial charge on any atom is 0.310 e. The minimum Gasteiger partial charge on any atom is -0.618 e. The first kappa shape index (κ1) is 11.3. The van der Waals surface area contributed by atoms with Gasteiger partial charge in [-0.25, -0.2) is 0 Å². The van der Waals surface area contributed by atoms with E-state index in [9.17, 15) is 10.4 Å². The summed E-state index contributed by atoms with van der Waals surface area (Å²) in [7, 11) is 0. The van der Waals surface area contributed by atoms with Gasteiger partial charge in [-0.2, -0.15) is 9.46 Å². The minimum absolute atomic E-state index is 0.277. The van der Waals surface area contributed by atoms with Gasteiger partial charge in [-0.3, -0.25) is 0 Å².